The summed E-state index contributed by atoms with van der Waals surface area (Å²) in [6.07, 6.45) is 0. The first kappa shape index (κ1) is 15.4. The molecule has 0 aromatic heterocycles. The predicted octanol–water partition coefficient (Wildman–Crippen LogP) is 3.84. The summed E-state index contributed by atoms with van der Waals surface area (Å²) in [6.45, 7) is -2.36. The molecule has 0 spiro atoms. The quantitative estimate of drug-likeness (QED) is 0.926. The number of hydrogen-bond donors (Lipinski definition) is 1. The highest BCUT2D eigenvalue weighted by molar-refractivity contribution is 5.85. The lowest BCUT2D eigenvalue weighted by molar-refractivity contribution is -0.0498. The summed E-state index contributed by atoms with van der Waals surface area (Å²) in [5.74, 6) is 0.153. The monoisotopic (exact) mass is 285 g/mol. The molecule has 2 nitrogen and oxygen atoms in total. The standard InChI is InChI=1S/C14H13F2NO.ClH/c15-14(16)18-13-6-2-5-12(8-13)11-4-1-3-10(7-11)9-17;/h1-8,14H,9,17H2;1H. The summed E-state index contributed by atoms with van der Waals surface area (Å²) >= 11 is 0. The van der Waals surface area contributed by atoms with Gasteiger partial charge >= 0.3 is 6.61 Å². The van der Waals surface area contributed by atoms with Gasteiger partial charge in [0.15, 0.2) is 0 Å². The number of alkyl halides is 2. The zero-order valence-electron chi connectivity index (χ0n) is 10.1. The summed E-state index contributed by atoms with van der Waals surface area (Å²) in [5, 5.41) is 0. The van der Waals surface area contributed by atoms with Crippen LogP contribution in [0.3, 0.4) is 0 Å². The number of rotatable bonds is 4. The zero-order valence-corrected chi connectivity index (χ0v) is 10.9. The molecule has 0 saturated carbocycles. The second kappa shape index (κ2) is 7.07. The van der Waals surface area contributed by atoms with E-state index < -0.39 is 6.61 Å². The molecule has 5 heteroatoms. The fraction of sp³-hybridized carbons (Fsp3) is 0.143. The molecular weight excluding hydrogens is 272 g/mol. The van der Waals surface area contributed by atoms with Gasteiger partial charge in [0.05, 0.1) is 0 Å². The van der Waals surface area contributed by atoms with Crippen molar-refractivity contribution in [2.45, 2.75) is 13.2 Å². The van der Waals surface area contributed by atoms with Crippen molar-refractivity contribution in [1.82, 2.24) is 0 Å². The number of hydrogen-bond acceptors (Lipinski definition) is 2. The van der Waals surface area contributed by atoms with Crippen LogP contribution in [-0.2, 0) is 6.54 Å². The fourth-order valence-electron chi connectivity index (χ4n) is 1.73. The van der Waals surface area contributed by atoms with Crippen molar-refractivity contribution in [3.8, 4) is 16.9 Å². The Bertz CT molecular complexity index is 534. The minimum absolute atomic E-state index is 0. The number of benzene rings is 2. The summed E-state index contributed by atoms with van der Waals surface area (Å²) in [5.41, 5.74) is 8.31. The van der Waals surface area contributed by atoms with Crippen LogP contribution in [0.2, 0.25) is 0 Å². The highest BCUT2D eigenvalue weighted by Crippen LogP contribution is 2.25. The third-order valence-electron chi connectivity index (χ3n) is 2.56. The lowest BCUT2D eigenvalue weighted by Crippen LogP contribution is -2.01. The molecule has 2 aromatic carbocycles. The van der Waals surface area contributed by atoms with E-state index in [1.54, 1.807) is 12.1 Å². The van der Waals surface area contributed by atoms with Gasteiger partial charge in [-0.25, -0.2) is 0 Å². The smallest absolute Gasteiger partial charge is 0.387 e. The lowest BCUT2D eigenvalue weighted by Gasteiger charge is -2.08. The Morgan fingerprint density at radius 3 is 2.26 bits per heavy atom. The van der Waals surface area contributed by atoms with E-state index in [0.29, 0.717) is 6.54 Å². The molecule has 0 aliphatic carbocycles. The van der Waals surface area contributed by atoms with Gasteiger partial charge in [0, 0.05) is 6.54 Å². The maximum absolute atomic E-state index is 12.1. The van der Waals surface area contributed by atoms with Crippen LogP contribution in [0, 0.1) is 0 Å². The molecule has 0 aliphatic rings. The second-order valence-corrected chi connectivity index (χ2v) is 3.81. The van der Waals surface area contributed by atoms with Crippen LogP contribution in [0.25, 0.3) is 11.1 Å². The molecule has 0 radical (unpaired) electrons. The molecule has 2 N–H and O–H groups in total. The Labute approximate surface area is 116 Å². The first-order valence-corrected chi connectivity index (χ1v) is 5.53. The molecule has 0 unspecified atom stereocenters. The van der Waals surface area contributed by atoms with Crippen molar-refractivity contribution in [2.75, 3.05) is 0 Å². The van der Waals surface area contributed by atoms with Crippen LogP contribution in [0.5, 0.6) is 5.75 Å². The molecule has 0 heterocycles. The van der Waals surface area contributed by atoms with Crippen LogP contribution in [0.1, 0.15) is 5.56 Å². The predicted molar refractivity (Wildman–Crippen MR) is 73.6 cm³/mol. The van der Waals surface area contributed by atoms with Crippen LogP contribution in [-0.4, -0.2) is 6.61 Å². The van der Waals surface area contributed by atoms with E-state index in [0.717, 1.165) is 16.7 Å². The maximum atomic E-state index is 12.1. The normalized spacial score (nSPS) is 10.1. The van der Waals surface area contributed by atoms with Gasteiger partial charge in [-0.3, -0.25) is 0 Å². The number of halogens is 3. The van der Waals surface area contributed by atoms with Crippen LogP contribution in [0.15, 0.2) is 48.5 Å². The molecule has 19 heavy (non-hydrogen) atoms. The summed E-state index contributed by atoms with van der Waals surface area (Å²) in [6, 6.07) is 14.3. The van der Waals surface area contributed by atoms with Crippen LogP contribution >= 0.6 is 12.4 Å². The van der Waals surface area contributed by atoms with Crippen molar-refractivity contribution < 1.29 is 13.5 Å². The summed E-state index contributed by atoms with van der Waals surface area (Å²) in [4.78, 5) is 0. The Hall–Kier alpha value is -1.65. The van der Waals surface area contributed by atoms with E-state index in [9.17, 15) is 8.78 Å². The third-order valence-corrected chi connectivity index (χ3v) is 2.56. The zero-order chi connectivity index (χ0) is 13.0. The Kier molecular flexibility index (Phi) is 5.73. The number of nitrogens with two attached hydrogens (primary N) is 1. The average Bonchev–Trinajstić information content (AvgIpc) is 2.38. The van der Waals surface area contributed by atoms with E-state index >= 15 is 0 Å². The molecule has 0 atom stereocenters. The molecule has 102 valence electrons. The van der Waals surface area contributed by atoms with Crippen LogP contribution in [0.4, 0.5) is 8.78 Å². The van der Waals surface area contributed by atoms with Gasteiger partial charge in [-0.2, -0.15) is 8.78 Å². The molecule has 2 aromatic rings. The highest BCUT2D eigenvalue weighted by Gasteiger charge is 2.05. The van der Waals surface area contributed by atoms with E-state index in [2.05, 4.69) is 4.74 Å². The largest absolute Gasteiger partial charge is 0.435 e. The molecule has 2 rings (SSSR count). The van der Waals surface area contributed by atoms with Crippen molar-refractivity contribution in [1.29, 1.82) is 0 Å². The van der Waals surface area contributed by atoms with E-state index in [1.807, 2.05) is 30.3 Å². The maximum Gasteiger partial charge on any atom is 0.387 e. The highest BCUT2D eigenvalue weighted by atomic mass is 35.5. The summed E-state index contributed by atoms with van der Waals surface area (Å²) in [7, 11) is 0. The van der Waals surface area contributed by atoms with Crippen LogP contribution < -0.4 is 10.5 Å². The van der Waals surface area contributed by atoms with Crippen molar-refractivity contribution in [2.24, 2.45) is 5.73 Å². The molecule has 0 aliphatic heterocycles. The topological polar surface area (TPSA) is 35.2 Å². The third kappa shape index (κ3) is 4.19. The molecular formula is C14H14ClF2NO. The van der Waals surface area contributed by atoms with Gasteiger partial charge < -0.3 is 10.5 Å². The first-order valence-electron chi connectivity index (χ1n) is 5.53. The molecule has 0 bridgehead atoms. The Morgan fingerprint density at radius 1 is 1.00 bits per heavy atom. The van der Waals surface area contributed by atoms with Crippen molar-refractivity contribution >= 4 is 12.4 Å². The second-order valence-electron chi connectivity index (χ2n) is 3.81. The lowest BCUT2D eigenvalue weighted by atomic mass is 10.0. The minimum atomic E-state index is -2.81. The van der Waals surface area contributed by atoms with E-state index in [1.165, 1.54) is 6.07 Å². The van der Waals surface area contributed by atoms with Gasteiger partial charge in [-0.05, 0) is 34.9 Å². The van der Waals surface area contributed by atoms with Crippen molar-refractivity contribution in [3.63, 3.8) is 0 Å². The van der Waals surface area contributed by atoms with Gasteiger partial charge in [0.2, 0.25) is 0 Å². The van der Waals surface area contributed by atoms with E-state index in [-0.39, 0.29) is 18.2 Å². The van der Waals surface area contributed by atoms with Gasteiger partial charge in [-0.15, -0.1) is 12.4 Å². The summed E-state index contributed by atoms with van der Waals surface area (Å²) < 4.78 is 28.6. The SMILES string of the molecule is Cl.NCc1cccc(-c2cccc(OC(F)F)c2)c1. The molecule has 0 amide bonds. The average molecular weight is 286 g/mol. The molecule has 0 saturated heterocycles. The van der Waals surface area contributed by atoms with Gasteiger partial charge in [0.1, 0.15) is 5.75 Å². The number of ether oxygens (including phenoxy) is 1. The first-order chi connectivity index (χ1) is 8.69. The van der Waals surface area contributed by atoms with Gasteiger partial charge in [0.25, 0.3) is 0 Å². The molecule has 0 fully saturated rings. The van der Waals surface area contributed by atoms with E-state index in [4.69, 9.17) is 5.73 Å². The Morgan fingerprint density at radius 2 is 1.63 bits per heavy atom. The minimum Gasteiger partial charge on any atom is -0.435 e. The Balaban J connectivity index is 0.00000180. The van der Waals surface area contributed by atoms with Gasteiger partial charge in [-0.1, -0.05) is 30.3 Å². The van der Waals surface area contributed by atoms with Crippen molar-refractivity contribution in [3.05, 3.63) is 54.1 Å². The fourth-order valence-corrected chi connectivity index (χ4v) is 1.73.